The van der Waals surface area contributed by atoms with Crippen molar-refractivity contribution in [2.45, 2.75) is 51.0 Å². The molecule has 21 heavy (non-hydrogen) atoms. The molecule has 0 aromatic heterocycles. The van der Waals surface area contributed by atoms with Crippen LogP contribution in [-0.2, 0) is 14.3 Å². The summed E-state index contributed by atoms with van der Waals surface area (Å²) >= 11 is 0. The van der Waals surface area contributed by atoms with E-state index in [0.717, 1.165) is 71.1 Å². The van der Waals surface area contributed by atoms with Crippen molar-refractivity contribution in [2.24, 2.45) is 5.92 Å². The SMILES string of the molecule is O=C(CCC1CCNCC1)NCCCOC1CCOCC1. The number of hydrogen-bond acceptors (Lipinski definition) is 4. The minimum Gasteiger partial charge on any atom is -0.381 e. The molecule has 2 aliphatic heterocycles. The van der Waals surface area contributed by atoms with E-state index in [9.17, 15) is 4.79 Å². The molecule has 2 aliphatic rings. The Morgan fingerprint density at radius 1 is 1.19 bits per heavy atom. The van der Waals surface area contributed by atoms with Crippen molar-refractivity contribution in [1.29, 1.82) is 0 Å². The Balaban J connectivity index is 1.41. The summed E-state index contributed by atoms with van der Waals surface area (Å²) < 4.78 is 11.1. The van der Waals surface area contributed by atoms with Gasteiger partial charge in [-0.15, -0.1) is 0 Å². The summed E-state index contributed by atoms with van der Waals surface area (Å²) in [7, 11) is 0. The van der Waals surface area contributed by atoms with Crippen LogP contribution in [0.2, 0.25) is 0 Å². The molecular formula is C16H30N2O3. The zero-order valence-corrected chi connectivity index (χ0v) is 13.1. The van der Waals surface area contributed by atoms with Gasteiger partial charge >= 0.3 is 0 Å². The highest BCUT2D eigenvalue weighted by atomic mass is 16.5. The van der Waals surface area contributed by atoms with Crippen LogP contribution in [0.3, 0.4) is 0 Å². The van der Waals surface area contributed by atoms with Crippen molar-refractivity contribution in [2.75, 3.05) is 39.5 Å². The average Bonchev–Trinajstić information content (AvgIpc) is 2.54. The van der Waals surface area contributed by atoms with Crippen LogP contribution in [-0.4, -0.2) is 51.5 Å². The van der Waals surface area contributed by atoms with Crippen molar-refractivity contribution < 1.29 is 14.3 Å². The van der Waals surface area contributed by atoms with Crippen LogP contribution >= 0.6 is 0 Å². The Morgan fingerprint density at radius 3 is 2.71 bits per heavy atom. The maximum atomic E-state index is 11.8. The van der Waals surface area contributed by atoms with Gasteiger partial charge in [-0.1, -0.05) is 0 Å². The monoisotopic (exact) mass is 298 g/mol. The number of hydrogen-bond donors (Lipinski definition) is 2. The third kappa shape index (κ3) is 7.25. The first kappa shape index (κ1) is 16.7. The van der Waals surface area contributed by atoms with Gasteiger partial charge in [0.25, 0.3) is 0 Å². The minimum atomic E-state index is 0.194. The standard InChI is InChI=1S/C16H30N2O3/c19-16(3-2-14-4-9-17-10-5-14)18-8-1-11-21-15-6-12-20-13-7-15/h14-15,17H,1-13H2,(H,18,19). The lowest BCUT2D eigenvalue weighted by Crippen LogP contribution is -2.30. The van der Waals surface area contributed by atoms with E-state index in [1.807, 2.05) is 0 Å². The molecule has 0 saturated carbocycles. The molecule has 2 saturated heterocycles. The number of piperidine rings is 1. The van der Waals surface area contributed by atoms with Crippen LogP contribution in [0, 0.1) is 5.92 Å². The highest BCUT2D eigenvalue weighted by molar-refractivity contribution is 5.75. The molecule has 0 aliphatic carbocycles. The second-order valence-electron chi connectivity index (χ2n) is 6.12. The van der Waals surface area contributed by atoms with Crippen molar-refractivity contribution in [3.63, 3.8) is 0 Å². The van der Waals surface area contributed by atoms with Gasteiger partial charge in [-0.05, 0) is 57.5 Å². The molecule has 0 aromatic carbocycles. The first-order valence-corrected chi connectivity index (χ1v) is 8.51. The summed E-state index contributed by atoms with van der Waals surface area (Å²) in [5.41, 5.74) is 0. The lowest BCUT2D eigenvalue weighted by Gasteiger charge is -2.22. The van der Waals surface area contributed by atoms with Gasteiger partial charge in [0.2, 0.25) is 5.91 Å². The fraction of sp³-hybridized carbons (Fsp3) is 0.938. The normalized spacial score (nSPS) is 21.3. The summed E-state index contributed by atoms with van der Waals surface area (Å²) in [6.45, 7) is 5.31. The summed E-state index contributed by atoms with van der Waals surface area (Å²) in [6.07, 6.45) is 7.40. The molecule has 122 valence electrons. The Hall–Kier alpha value is -0.650. The molecule has 2 heterocycles. The summed E-state index contributed by atoms with van der Waals surface area (Å²) in [5.74, 6) is 0.924. The molecule has 0 unspecified atom stereocenters. The van der Waals surface area contributed by atoms with Gasteiger partial charge in [-0.3, -0.25) is 4.79 Å². The van der Waals surface area contributed by atoms with Gasteiger partial charge in [0.15, 0.2) is 0 Å². The molecule has 5 nitrogen and oxygen atoms in total. The van der Waals surface area contributed by atoms with Gasteiger partial charge in [0, 0.05) is 32.8 Å². The van der Waals surface area contributed by atoms with Gasteiger partial charge in [-0.25, -0.2) is 0 Å². The van der Waals surface area contributed by atoms with Crippen molar-refractivity contribution in [3.8, 4) is 0 Å². The van der Waals surface area contributed by atoms with Gasteiger partial charge < -0.3 is 20.1 Å². The first-order chi connectivity index (χ1) is 10.3. The molecule has 0 radical (unpaired) electrons. The Kier molecular flexibility index (Phi) is 8.07. The van der Waals surface area contributed by atoms with Crippen LogP contribution < -0.4 is 10.6 Å². The zero-order valence-electron chi connectivity index (χ0n) is 13.1. The van der Waals surface area contributed by atoms with Crippen LogP contribution in [0.5, 0.6) is 0 Å². The van der Waals surface area contributed by atoms with E-state index in [1.165, 1.54) is 12.8 Å². The minimum absolute atomic E-state index is 0.194. The Morgan fingerprint density at radius 2 is 1.95 bits per heavy atom. The largest absolute Gasteiger partial charge is 0.381 e. The molecular weight excluding hydrogens is 268 g/mol. The first-order valence-electron chi connectivity index (χ1n) is 8.51. The maximum Gasteiger partial charge on any atom is 0.220 e. The zero-order chi connectivity index (χ0) is 14.8. The fourth-order valence-corrected chi connectivity index (χ4v) is 2.99. The van der Waals surface area contributed by atoms with E-state index in [0.29, 0.717) is 12.5 Å². The van der Waals surface area contributed by atoms with Crippen molar-refractivity contribution in [1.82, 2.24) is 10.6 Å². The van der Waals surface area contributed by atoms with Crippen molar-refractivity contribution in [3.05, 3.63) is 0 Å². The number of nitrogens with one attached hydrogen (secondary N) is 2. The van der Waals surface area contributed by atoms with E-state index >= 15 is 0 Å². The second kappa shape index (κ2) is 10.1. The molecule has 1 amide bonds. The predicted molar refractivity (Wildman–Crippen MR) is 82.2 cm³/mol. The van der Waals surface area contributed by atoms with E-state index in [4.69, 9.17) is 9.47 Å². The molecule has 0 bridgehead atoms. The average molecular weight is 298 g/mol. The number of amides is 1. The molecule has 2 rings (SSSR count). The number of carbonyl (C=O) groups excluding carboxylic acids is 1. The number of rotatable bonds is 8. The maximum absolute atomic E-state index is 11.8. The van der Waals surface area contributed by atoms with Gasteiger partial charge in [-0.2, -0.15) is 0 Å². The van der Waals surface area contributed by atoms with Crippen LogP contribution in [0.1, 0.15) is 44.9 Å². The molecule has 0 aromatic rings. The topological polar surface area (TPSA) is 59.6 Å². The lowest BCUT2D eigenvalue weighted by atomic mass is 9.93. The van der Waals surface area contributed by atoms with E-state index < -0.39 is 0 Å². The summed E-state index contributed by atoms with van der Waals surface area (Å²) in [5, 5.41) is 6.36. The molecule has 2 fully saturated rings. The summed E-state index contributed by atoms with van der Waals surface area (Å²) in [6, 6.07) is 0. The third-order valence-electron chi connectivity index (χ3n) is 4.40. The highest BCUT2D eigenvalue weighted by Gasteiger charge is 2.15. The van der Waals surface area contributed by atoms with E-state index in [-0.39, 0.29) is 5.91 Å². The van der Waals surface area contributed by atoms with Gasteiger partial charge in [0.05, 0.1) is 6.10 Å². The molecule has 0 spiro atoms. The smallest absolute Gasteiger partial charge is 0.220 e. The summed E-state index contributed by atoms with van der Waals surface area (Å²) in [4.78, 5) is 11.8. The lowest BCUT2D eigenvalue weighted by molar-refractivity contribution is -0.121. The second-order valence-corrected chi connectivity index (χ2v) is 6.12. The Bertz CT molecular complexity index is 287. The van der Waals surface area contributed by atoms with Gasteiger partial charge in [0.1, 0.15) is 0 Å². The van der Waals surface area contributed by atoms with E-state index in [1.54, 1.807) is 0 Å². The molecule has 2 N–H and O–H groups in total. The molecule has 5 heteroatoms. The predicted octanol–water partition coefficient (Wildman–Crippen LogP) is 1.47. The van der Waals surface area contributed by atoms with Crippen LogP contribution in [0.25, 0.3) is 0 Å². The van der Waals surface area contributed by atoms with Crippen molar-refractivity contribution >= 4 is 5.91 Å². The number of carbonyl (C=O) groups is 1. The quantitative estimate of drug-likeness (QED) is 0.666. The van der Waals surface area contributed by atoms with Crippen LogP contribution in [0.15, 0.2) is 0 Å². The third-order valence-corrected chi connectivity index (χ3v) is 4.40. The van der Waals surface area contributed by atoms with Crippen LogP contribution in [0.4, 0.5) is 0 Å². The van der Waals surface area contributed by atoms with E-state index in [2.05, 4.69) is 10.6 Å². The Labute approximate surface area is 128 Å². The highest BCUT2D eigenvalue weighted by Crippen LogP contribution is 2.17. The fourth-order valence-electron chi connectivity index (χ4n) is 2.99. The number of ether oxygens (including phenoxy) is 2. The molecule has 0 atom stereocenters.